The highest BCUT2D eigenvalue weighted by atomic mass is 32.2. The van der Waals surface area contributed by atoms with Crippen LogP contribution in [0.15, 0.2) is 9.82 Å². The van der Waals surface area contributed by atoms with Gasteiger partial charge in [0.1, 0.15) is 10.0 Å². The monoisotopic (exact) mass is 408 g/mol. The molecule has 1 aliphatic carbocycles. The van der Waals surface area contributed by atoms with Gasteiger partial charge in [0.05, 0.1) is 5.75 Å². The molecule has 27 heavy (non-hydrogen) atoms. The zero-order chi connectivity index (χ0) is 19.4. The molecule has 10 heteroatoms. The summed E-state index contributed by atoms with van der Waals surface area (Å²) in [5.41, 5.74) is 1.98. The summed E-state index contributed by atoms with van der Waals surface area (Å²) in [6.07, 6.45) is 3.62. The van der Waals surface area contributed by atoms with E-state index in [4.69, 9.17) is 0 Å². The smallest absolute Gasteiger partial charge is 0.308 e. The van der Waals surface area contributed by atoms with E-state index in [-0.39, 0.29) is 17.3 Å². The van der Waals surface area contributed by atoms with Crippen molar-refractivity contribution in [2.45, 2.75) is 44.2 Å². The minimum atomic E-state index is -0.225. The van der Waals surface area contributed by atoms with Crippen LogP contribution in [0.5, 0.6) is 0 Å². The number of rotatable bonds is 8. The van der Waals surface area contributed by atoms with Crippen LogP contribution in [-0.2, 0) is 30.6 Å². The molecular formula is C17H24N6O2S2. The maximum atomic E-state index is 12.5. The van der Waals surface area contributed by atoms with Gasteiger partial charge >= 0.3 is 5.69 Å². The fourth-order valence-corrected chi connectivity index (χ4v) is 4.54. The van der Waals surface area contributed by atoms with Crippen molar-refractivity contribution in [1.29, 1.82) is 0 Å². The first-order chi connectivity index (χ1) is 13.0. The molecule has 2 aromatic heterocycles. The standard InChI is InChI=1S/C17H24N6O2S2/c1-4-14-20-21-16(27-14)18-13(24)10-26-15-11-6-5-7-12(11)23(17(25)19-15)9-8-22(2)3/h4-10H2,1-3H3,(H,18,21,24). The zero-order valence-corrected chi connectivity index (χ0v) is 17.5. The van der Waals surface area contributed by atoms with Crippen molar-refractivity contribution >= 4 is 34.1 Å². The average Bonchev–Trinajstić information content (AvgIpc) is 3.28. The predicted octanol–water partition coefficient (Wildman–Crippen LogP) is 1.44. The molecule has 1 aliphatic rings. The summed E-state index contributed by atoms with van der Waals surface area (Å²) >= 11 is 2.70. The number of thioether (sulfide) groups is 1. The summed E-state index contributed by atoms with van der Waals surface area (Å²) < 4.78 is 1.79. The summed E-state index contributed by atoms with van der Waals surface area (Å²) in [5, 5.41) is 12.8. The largest absolute Gasteiger partial charge is 0.348 e. The molecule has 0 aromatic carbocycles. The normalized spacial score (nSPS) is 13.2. The number of nitrogens with one attached hydrogen (secondary N) is 1. The molecular weight excluding hydrogens is 384 g/mol. The van der Waals surface area contributed by atoms with Gasteiger partial charge in [-0.15, -0.1) is 10.2 Å². The van der Waals surface area contributed by atoms with E-state index in [1.165, 1.54) is 23.1 Å². The average molecular weight is 409 g/mol. The van der Waals surface area contributed by atoms with E-state index in [1.54, 1.807) is 4.57 Å². The first kappa shape index (κ1) is 20.0. The van der Waals surface area contributed by atoms with Gasteiger partial charge in [-0.3, -0.25) is 14.7 Å². The molecule has 0 radical (unpaired) electrons. The van der Waals surface area contributed by atoms with E-state index < -0.39 is 0 Å². The summed E-state index contributed by atoms with van der Waals surface area (Å²) in [7, 11) is 3.98. The summed E-state index contributed by atoms with van der Waals surface area (Å²) in [5.74, 6) is 0.0332. The third-order valence-corrected chi connectivity index (χ3v) is 6.33. The quantitative estimate of drug-likeness (QED) is 0.522. The Labute approximate surface area is 166 Å². The number of carbonyl (C=O) groups excluding carboxylic acids is 1. The van der Waals surface area contributed by atoms with E-state index in [1.807, 2.05) is 21.0 Å². The number of hydrogen-bond donors (Lipinski definition) is 1. The fraction of sp³-hybridized carbons (Fsp3) is 0.588. The van der Waals surface area contributed by atoms with Gasteiger partial charge in [-0.2, -0.15) is 4.98 Å². The number of likely N-dealkylation sites (N-methyl/N-ethyl adjacent to an activating group) is 1. The molecule has 0 atom stereocenters. The molecule has 0 fully saturated rings. The Morgan fingerprint density at radius 2 is 2.15 bits per heavy atom. The molecule has 0 unspecified atom stereocenters. The number of carbonyl (C=O) groups is 1. The maximum Gasteiger partial charge on any atom is 0.348 e. The Morgan fingerprint density at radius 3 is 2.85 bits per heavy atom. The number of amides is 1. The highest BCUT2D eigenvalue weighted by Gasteiger charge is 2.22. The van der Waals surface area contributed by atoms with Crippen molar-refractivity contribution in [2.75, 3.05) is 31.7 Å². The van der Waals surface area contributed by atoms with E-state index in [2.05, 4.69) is 25.4 Å². The minimum Gasteiger partial charge on any atom is -0.308 e. The van der Waals surface area contributed by atoms with Gasteiger partial charge in [-0.25, -0.2) is 4.79 Å². The molecule has 0 spiro atoms. The Balaban J connectivity index is 1.68. The van der Waals surface area contributed by atoms with Gasteiger partial charge in [-0.05, 0) is 39.8 Å². The lowest BCUT2D eigenvalue weighted by molar-refractivity contribution is -0.113. The molecule has 2 heterocycles. The number of nitrogens with zero attached hydrogens (tertiary/aromatic N) is 5. The van der Waals surface area contributed by atoms with Crippen molar-refractivity contribution in [2.24, 2.45) is 0 Å². The molecule has 0 bridgehead atoms. The van der Waals surface area contributed by atoms with E-state index in [0.29, 0.717) is 16.7 Å². The van der Waals surface area contributed by atoms with Gasteiger partial charge in [0, 0.05) is 24.3 Å². The third-order valence-electron chi connectivity index (χ3n) is 4.33. The van der Waals surface area contributed by atoms with Gasteiger partial charge in [0.25, 0.3) is 0 Å². The van der Waals surface area contributed by atoms with Crippen molar-refractivity contribution in [1.82, 2.24) is 24.6 Å². The topological polar surface area (TPSA) is 93.0 Å². The fourth-order valence-electron chi connectivity index (χ4n) is 2.97. The van der Waals surface area contributed by atoms with Gasteiger partial charge < -0.3 is 4.90 Å². The molecule has 0 aliphatic heterocycles. The molecule has 1 amide bonds. The van der Waals surface area contributed by atoms with Gasteiger partial charge in [0.2, 0.25) is 11.0 Å². The summed E-state index contributed by atoms with van der Waals surface area (Å²) in [6, 6.07) is 0. The van der Waals surface area contributed by atoms with Crippen LogP contribution in [0.4, 0.5) is 5.13 Å². The molecule has 0 saturated heterocycles. The van der Waals surface area contributed by atoms with Crippen molar-refractivity contribution < 1.29 is 4.79 Å². The van der Waals surface area contributed by atoms with Crippen molar-refractivity contribution in [3.05, 3.63) is 26.7 Å². The summed E-state index contributed by atoms with van der Waals surface area (Å²) in [4.78, 5) is 31.0. The lowest BCUT2D eigenvalue weighted by atomic mass is 10.2. The van der Waals surface area contributed by atoms with E-state index in [0.717, 1.165) is 48.5 Å². The zero-order valence-electron chi connectivity index (χ0n) is 15.8. The van der Waals surface area contributed by atoms with Crippen LogP contribution in [0.3, 0.4) is 0 Å². The second-order valence-corrected chi connectivity index (χ2v) is 8.65. The Hall–Kier alpha value is -1.78. The third kappa shape index (κ3) is 4.94. The molecule has 3 rings (SSSR count). The van der Waals surface area contributed by atoms with Crippen LogP contribution in [0.2, 0.25) is 0 Å². The highest BCUT2D eigenvalue weighted by Crippen LogP contribution is 2.29. The summed E-state index contributed by atoms with van der Waals surface area (Å²) in [6.45, 7) is 3.43. The van der Waals surface area contributed by atoms with E-state index in [9.17, 15) is 9.59 Å². The molecule has 2 aromatic rings. The predicted molar refractivity (Wildman–Crippen MR) is 108 cm³/mol. The van der Waals surface area contributed by atoms with Crippen molar-refractivity contribution in [3.8, 4) is 0 Å². The second kappa shape index (κ2) is 8.94. The second-order valence-electron chi connectivity index (χ2n) is 6.62. The van der Waals surface area contributed by atoms with Crippen LogP contribution < -0.4 is 11.0 Å². The van der Waals surface area contributed by atoms with E-state index >= 15 is 0 Å². The van der Waals surface area contributed by atoms with Crippen LogP contribution in [0.1, 0.15) is 29.6 Å². The Bertz CT molecular complexity index is 877. The van der Waals surface area contributed by atoms with Crippen LogP contribution in [-0.4, -0.2) is 56.9 Å². The SMILES string of the molecule is CCc1nnc(NC(=O)CSc2nc(=O)n(CCN(C)C)c3c2CCC3)s1. The van der Waals surface area contributed by atoms with Crippen LogP contribution >= 0.6 is 23.1 Å². The molecule has 1 N–H and O–H groups in total. The minimum absolute atomic E-state index is 0.163. The van der Waals surface area contributed by atoms with Gasteiger partial charge in [-0.1, -0.05) is 30.0 Å². The maximum absolute atomic E-state index is 12.5. The first-order valence-corrected chi connectivity index (χ1v) is 10.8. The number of anilines is 1. The number of aryl methyl sites for hydroxylation is 1. The van der Waals surface area contributed by atoms with Gasteiger partial charge in [0.15, 0.2) is 0 Å². The molecule has 8 nitrogen and oxygen atoms in total. The van der Waals surface area contributed by atoms with Crippen molar-refractivity contribution in [3.63, 3.8) is 0 Å². The Morgan fingerprint density at radius 1 is 1.33 bits per heavy atom. The molecule has 146 valence electrons. The van der Waals surface area contributed by atoms with Crippen LogP contribution in [0.25, 0.3) is 0 Å². The number of aromatic nitrogens is 4. The number of hydrogen-bond acceptors (Lipinski definition) is 8. The lowest BCUT2D eigenvalue weighted by Gasteiger charge is -2.16. The first-order valence-electron chi connectivity index (χ1n) is 9.00. The molecule has 0 saturated carbocycles. The highest BCUT2D eigenvalue weighted by molar-refractivity contribution is 8.00. The number of fused-ring (bicyclic) bond motifs is 1. The lowest BCUT2D eigenvalue weighted by Crippen LogP contribution is -2.31. The van der Waals surface area contributed by atoms with Crippen LogP contribution in [0, 0.1) is 0 Å². The Kier molecular flexibility index (Phi) is 6.61.